The van der Waals surface area contributed by atoms with E-state index in [0.29, 0.717) is 12.8 Å². The molecule has 4 heterocycles. The molecular formula is C67H110N4O13P+. The summed E-state index contributed by atoms with van der Waals surface area (Å²) in [5.41, 5.74) is 0.102. The number of aromatic nitrogens is 2. The van der Waals surface area contributed by atoms with Gasteiger partial charge >= 0.3 is 5.97 Å². The predicted molar refractivity (Wildman–Crippen MR) is 336 cm³/mol. The van der Waals surface area contributed by atoms with Gasteiger partial charge in [-0.2, -0.15) is 5.10 Å². The van der Waals surface area contributed by atoms with Crippen molar-refractivity contribution in [3.05, 3.63) is 71.0 Å². The second-order valence-electron chi connectivity index (χ2n) is 27.3. The summed E-state index contributed by atoms with van der Waals surface area (Å²) in [6.45, 7) is 30.5. The van der Waals surface area contributed by atoms with Crippen molar-refractivity contribution in [2.45, 2.75) is 271 Å². The summed E-state index contributed by atoms with van der Waals surface area (Å²) in [7, 11) is 3.08. The molecule has 18 atom stereocenters. The number of unbranched alkanes of at least 4 members (excludes halogenated alkanes) is 4. The number of aliphatic hydroxyl groups is 5. The summed E-state index contributed by atoms with van der Waals surface area (Å²) in [6.07, 6.45) is 0.0969. The third-order valence-electron chi connectivity index (χ3n) is 19.0. The average Bonchev–Trinajstić information content (AvgIpc) is 1.93. The van der Waals surface area contributed by atoms with Crippen LogP contribution in [0.5, 0.6) is 0 Å². The first-order valence-electron chi connectivity index (χ1n) is 31.6. The molecule has 0 spiro atoms. The van der Waals surface area contributed by atoms with Gasteiger partial charge in [0.1, 0.15) is 53.2 Å². The highest BCUT2D eigenvalue weighted by atomic mass is 31.2. The Morgan fingerprint density at radius 3 is 1.93 bits per heavy atom. The number of carbonyl (C=O) groups excluding carboxylic acids is 2. The van der Waals surface area contributed by atoms with Gasteiger partial charge in [-0.25, -0.2) is 0 Å². The summed E-state index contributed by atoms with van der Waals surface area (Å²) in [5, 5.41) is 69.8. The molecule has 18 heteroatoms. The molecule has 0 aliphatic carbocycles. The van der Waals surface area contributed by atoms with Gasteiger partial charge in [0.05, 0.1) is 66.1 Å². The first kappa shape index (κ1) is 70.7. The zero-order valence-corrected chi connectivity index (χ0v) is 56.0. The highest BCUT2D eigenvalue weighted by Crippen LogP contribution is 2.57. The molecule has 1 amide bonds. The Labute approximate surface area is 510 Å². The van der Waals surface area contributed by atoms with Crippen molar-refractivity contribution in [1.29, 1.82) is 0 Å². The Hall–Kier alpha value is -3.42. The largest absolute Gasteiger partial charge is 0.459 e. The molecule has 3 aliphatic heterocycles. The van der Waals surface area contributed by atoms with Crippen molar-refractivity contribution in [2.75, 3.05) is 33.9 Å². The molecule has 5 N–H and O–H groups in total. The summed E-state index contributed by atoms with van der Waals surface area (Å²) in [5.74, 6) is -3.35. The first-order chi connectivity index (χ1) is 39.7. The molecule has 17 nitrogen and oxygen atoms in total. The van der Waals surface area contributed by atoms with Crippen LogP contribution >= 0.6 is 7.26 Å². The number of amides is 1. The summed E-state index contributed by atoms with van der Waals surface area (Å²) < 4.78 is 40.5. The van der Waals surface area contributed by atoms with Gasteiger partial charge in [-0.15, -0.1) is 0 Å². The van der Waals surface area contributed by atoms with E-state index >= 15 is 0 Å². The minimum absolute atomic E-state index is 0.0567. The van der Waals surface area contributed by atoms with Crippen molar-refractivity contribution in [3.63, 3.8) is 0 Å². The minimum Gasteiger partial charge on any atom is -0.459 e. The van der Waals surface area contributed by atoms with Crippen LogP contribution in [0.3, 0.4) is 0 Å². The summed E-state index contributed by atoms with van der Waals surface area (Å²) in [4.78, 5) is 33.2. The second kappa shape index (κ2) is 29.5. The average molecular weight is 1210 g/mol. The number of esters is 1. The minimum atomic E-state index is -2.18. The lowest BCUT2D eigenvalue weighted by molar-refractivity contribution is -0.318. The molecule has 2 aromatic carbocycles. The van der Waals surface area contributed by atoms with E-state index in [1.165, 1.54) is 52.2 Å². The van der Waals surface area contributed by atoms with Crippen molar-refractivity contribution in [2.24, 2.45) is 17.8 Å². The van der Waals surface area contributed by atoms with Crippen molar-refractivity contribution >= 4 is 35.1 Å². The van der Waals surface area contributed by atoms with E-state index in [0.717, 1.165) is 31.8 Å². The number of cyclic esters (lactones) is 1. The number of hydrogen-bond acceptors (Lipinski definition) is 15. The highest BCUT2D eigenvalue weighted by molar-refractivity contribution is 7.95. The fourth-order valence-electron chi connectivity index (χ4n) is 14.1. The van der Waals surface area contributed by atoms with Crippen LogP contribution in [0, 0.1) is 45.4 Å². The van der Waals surface area contributed by atoms with E-state index in [-0.39, 0.29) is 56.3 Å². The number of rotatable bonds is 19. The van der Waals surface area contributed by atoms with Gasteiger partial charge in [-0.3, -0.25) is 14.3 Å². The van der Waals surface area contributed by atoms with Crippen molar-refractivity contribution < 1.29 is 63.5 Å². The lowest BCUT2D eigenvalue weighted by Gasteiger charge is -2.48. The Morgan fingerprint density at radius 2 is 1.39 bits per heavy atom. The van der Waals surface area contributed by atoms with Crippen molar-refractivity contribution in [3.8, 4) is 0 Å². The molecule has 0 saturated carbocycles. The van der Waals surface area contributed by atoms with Crippen LogP contribution in [0.4, 0.5) is 0 Å². The molecule has 0 bridgehead atoms. The number of aryl methyl sites for hydroxylation is 4. The number of nitrogens with zero attached hydrogens (tertiary/aromatic N) is 4. The molecule has 3 saturated heterocycles. The molecule has 85 heavy (non-hydrogen) atoms. The van der Waals surface area contributed by atoms with E-state index in [1.54, 1.807) is 53.4 Å². The number of ether oxygens (including phenoxy) is 6. The molecule has 0 radical (unpaired) electrons. The first-order valence-corrected chi connectivity index (χ1v) is 33.6. The lowest BCUT2D eigenvalue weighted by Crippen LogP contribution is -2.60. The van der Waals surface area contributed by atoms with Crippen LogP contribution in [-0.4, -0.2) is 181 Å². The number of carbonyl (C=O) groups is 2. The second-order valence-corrected chi connectivity index (χ2v) is 30.9. The maximum absolute atomic E-state index is 14.9. The molecule has 0 unspecified atom stereocenters. The normalized spacial score (nSPS) is 35.0. The van der Waals surface area contributed by atoms with Crippen LogP contribution < -0.4 is 15.9 Å². The van der Waals surface area contributed by atoms with Crippen LogP contribution in [0.2, 0.25) is 0 Å². The number of hydrogen-bond donors (Lipinski definition) is 5. The third-order valence-corrected chi connectivity index (χ3v) is 23.3. The molecule has 3 aromatic rings. The molecule has 480 valence electrons. The number of likely N-dealkylation sites (N-methyl/N-ethyl adjacent to an activating group) is 1. The molecule has 6 rings (SSSR count). The molecule has 3 aliphatic rings. The third kappa shape index (κ3) is 16.5. The number of benzene rings is 2. The Morgan fingerprint density at radius 1 is 0.812 bits per heavy atom. The van der Waals surface area contributed by atoms with Gasteiger partial charge in [0.25, 0.3) is 0 Å². The number of aliphatic hydroxyl groups excluding tert-OH is 3. The van der Waals surface area contributed by atoms with Gasteiger partial charge < -0.3 is 63.8 Å². The van der Waals surface area contributed by atoms with E-state index < -0.39 is 109 Å². The maximum Gasteiger partial charge on any atom is 0.311 e. The van der Waals surface area contributed by atoms with Crippen LogP contribution in [0.15, 0.2) is 48.8 Å². The Balaban J connectivity index is 1.28. The summed E-state index contributed by atoms with van der Waals surface area (Å²) >= 11 is 0. The Kier molecular flexibility index (Phi) is 24.5. The molecule has 1 aromatic heterocycles. The number of methoxy groups -OCH3 is 1. The van der Waals surface area contributed by atoms with Gasteiger partial charge in [-0.1, -0.05) is 45.7 Å². The van der Waals surface area contributed by atoms with E-state index in [1.807, 2.05) is 32.8 Å². The standard InChI is InChI=1S/C67H110N4O13P/c1-20-55-67(16,78)60(74)49(12)70(56(72)26-24-22-21-23-25-27-85(51-30-41(4)28-42(5)31-51,52-32-43(6)29-44(7)33-52)53-37-68-71(39-53)40(2)3)38-45(8)35-65(14,77)62(84-64-58(73)54(69(17)18)34-46(9)80-64)47(10)59(48(11)63(76)82-55)83-57-36-66(15,79-19)61(75)50(13)81-57/h28-33,37,39-40,45-50,54-55,57-62,64,73-75,77-78H,20-27,34-36,38H2,1-19H3/q+1/t45-,46-,47+,48-,49-,50+,54+,55-,57+,58-,59+,60-,61+,62-,64+,65-,66-,67-/m1/s1. The predicted octanol–water partition coefficient (Wildman–Crippen LogP) is 8.14. The van der Waals surface area contributed by atoms with Crippen LogP contribution in [-0.2, 0) is 38.0 Å². The monoisotopic (exact) mass is 1210 g/mol. The van der Waals surface area contributed by atoms with Crippen LogP contribution in [0.1, 0.15) is 176 Å². The fraction of sp³-hybridized carbons (Fsp3) is 0.746. The van der Waals surface area contributed by atoms with Gasteiger partial charge in [0.2, 0.25) is 5.91 Å². The van der Waals surface area contributed by atoms with E-state index in [4.69, 9.17) is 33.5 Å². The van der Waals surface area contributed by atoms with E-state index in [9.17, 15) is 35.1 Å². The summed E-state index contributed by atoms with van der Waals surface area (Å²) in [6, 6.07) is 12.9. The van der Waals surface area contributed by atoms with Gasteiger partial charge in [0, 0.05) is 44.5 Å². The fourth-order valence-corrected chi connectivity index (χ4v) is 18.7. The topological polar surface area (TPSA) is 215 Å². The zero-order chi connectivity index (χ0) is 63.3. The van der Waals surface area contributed by atoms with Crippen molar-refractivity contribution in [1.82, 2.24) is 19.6 Å². The SMILES string of the molecule is CC[C@H]1OC(=O)[C@H](C)[C@@H](O[C@H]2C[C@@](C)(OC)[C@@H](O)[C@H](C)O2)[C@H](C)[C@@H](O[C@@H]2O[C@H](C)C[C@H](N(C)C)[C@H]2O)[C@](C)(O)C[C@@H](C)CN(C(=O)CCCCCCC[P+](c2cc(C)cc(C)c2)(c2cc(C)cc(C)c2)c2cnn(C(C)C)c2)[C@H](C)[C@@H](O)[C@]1(C)O. The highest BCUT2D eigenvalue weighted by Gasteiger charge is 2.54. The lowest BCUT2D eigenvalue weighted by atomic mass is 9.77. The van der Waals surface area contributed by atoms with Gasteiger partial charge in [0.15, 0.2) is 12.6 Å². The van der Waals surface area contributed by atoms with Gasteiger partial charge in [-0.05, 0) is 195 Å². The van der Waals surface area contributed by atoms with Crippen LogP contribution in [0.25, 0.3) is 0 Å². The maximum atomic E-state index is 14.9. The quantitative estimate of drug-likeness (QED) is 0.0435. The molecule has 3 fully saturated rings. The van der Waals surface area contributed by atoms with E-state index in [2.05, 4.69) is 95.0 Å². The molecular weight excluding hydrogens is 1100 g/mol. The smallest absolute Gasteiger partial charge is 0.311 e. The zero-order valence-electron chi connectivity index (χ0n) is 55.1. The Bertz CT molecular complexity index is 2560.